The molecule has 0 aromatic rings. The van der Waals surface area contributed by atoms with E-state index in [0.29, 0.717) is 19.0 Å². The van der Waals surface area contributed by atoms with Crippen molar-refractivity contribution in [2.24, 2.45) is 21.5 Å². The van der Waals surface area contributed by atoms with E-state index in [1.807, 2.05) is 12.2 Å². The number of hydrogen-bond donors (Lipinski definition) is 2. The Kier molecular flexibility index (Phi) is 2.17. The van der Waals surface area contributed by atoms with Crippen molar-refractivity contribution in [3.05, 3.63) is 12.2 Å². The van der Waals surface area contributed by atoms with Gasteiger partial charge in [-0.25, -0.2) is 9.98 Å². The van der Waals surface area contributed by atoms with Gasteiger partial charge in [0.1, 0.15) is 0 Å². The quantitative estimate of drug-likeness (QED) is 0.527. The van der Waals surface area contributed by atoms with E-state index < -0.39 is 0 Å². The van der Waals surface area contributed by atoms with Crippen molar-refractivity contribution in [3.8, 4) is 0 Å². The second kappa shape index (κ2) is 3.12. The lowest BCUT2D eigenvalue weighted by molar-refractivity contribution is 1.25. The molecule has 0 atom stereocenters. The summed E-state index contributed by atoms with van der Waals surface area (Å²) in [4.78, 5) is 7.80. The van der Waals surface area contributed by atoms with Crippen LogP contribution < -0.4 is 11.5 Å². The number of nitrogens with two attached hydrogens (primary N) is 2. The van der Waals surface area contributed by atoms with Gasteiger partial charge in [0.15, 0.2) is 0 Å². The monoisotopic (exact) mass is 138 g/mol. The minimum atomic E-state index is 0.358. The first-order valence-electron chi connectivity index (χ1n) is 3.07. The first kappa shape index (κ1) is 6.95. The van der Waals surface area contributed by atoms with Crippen LogP contribution >= 0.6 is 0 Å². The molecule has 4 heteroatoms. The Morgan fingerprint density at radius 3 is 2.90 bits per heavy atom. The van der Waals surface area contributed by atoms with Gasteiger partial charge in [0, 0.05) is 6.54 Å². The van der Waals surface area contributed by atoms with Gasteiger partial charge in [-0.15, -0.1) is 0 Å². The van der Waals surface area contributed by atoms with E-state index in [0.717, 1.165) is 5.71 Å². The van der Waals surface area contributed by atoms with Crippen molar-refractivity contribution < 1.29 is 0 Å². The summed E-state index contributed by atoms with van der Waals surface area (Å²) in [5, 5.41) is 0. The highest BCUT2D eigenvalue weighted by molar-refractivity contribution is 6.08. The van der Waals surface area contributed by atoms with Crippen LogP contribution in [0, 0.1) is 0 Å². The number of hydrogen-bond acceptors (Lipinski definition) is 4. The lowest BCUT2D eigenvalue weighted by Gasteiger charge is -1.84. The molecule has 4 N–H and O–H groups in total. The van der Waals surface area contributed by atoms with Crippen LogP contribution in [-0.2, 0) is 0 Å². The molecule has 0 amide bonds. The van der Waals surface area contributed by atoms with E-state index in [2.05, 4.69) is 9.98 Å². The number of guanidine groups is 1. The minimum Gasteiger partial charge on any atom is -0.368 e. The number of aliphatic imine (C=N–C) groups is 2. The average Bonchev–Trinajstić information content (AvgIpc) is 2.31. The Morgan fingerprint density at radius 2 is 2.40 bits per heavy atom. The van der Waals surface area contributed by atoms with E-state index in [1.54, 1.807) is 0 Å². The summed E-state index contributed by atoms with van der Waals surface area (Å²) in [6.07, 6.45) is 3.66. The highest BCUT2D eigenvalue weighted by atomic mass is 15.1. The van der Waals surface area contributed by atoms with Crippen molar-refractivity contribution in [1.82, 2.24) is 0 Å². The first-order valence-corrected chi connectivity index (χ1v) is 3.07. The summed E-state index contributed by atoms with van der Waals surface area (Å²) in [6.45, 7) is 1.11. The fourth-order valence-electron chi connectivity index (χ4n) is 0.674. The molecular weight excluding hydrogens is 128 g/mol. The van der Waals surface area contributed by atoms with E-state index in [-0.39, 0.29) is 0 Å². The van der Waals surface area contributed by atoms with Crippen LogP contribution in [0.1, 0.15) is 0 Å². The van der Waals surface area contributed by atoms with Gasteiger partial charge in [0.05, 0.1) is 12.3 Å². The van der Waals surface area contributed by atoms with Crippen molar-refractivity contribution in [2.75, 3.05) is 13.1 Å². The molecule has 1 aliphatic heterocycles. The van der Waals surface area contributed by atoms with Gasteiger partial charge in [-0.1, -0.05) is 6.08 Å². The number of rotatable bonds is 2. The Balaban J connectivity index is 2.48. The van der Waals surface area contributed by atoms with Crippen LogP contribution in [0.2, 0.25) is 0 Å². The molecule has 0 aliphatic carbocycles. The lowest BCUT2D eigenvalue weighted by atomic mass is 10.3. The SMILES string of the molecule is NC/C=C\C1=NC(N)=NC1. The van der Waals surface area contributed by atoms with E-state index >= 15 is 0 Å². The van der Waals surface area contributed by atoms with Crippen molar-refractivity contribution in [1.29, 1.82) is 0 Å². The fraction of sp³-hybridized carbons (Fsp3) is 0.333. The van der Waals surface area contributed by atoms with Gasteiger partial charge < -0.3 is 11.5 Å². The summed E-state index contributed by atoms with van der Waals surface area (Å²) in [5.74, 6) is 0.358. The fourth-order valence-corrected chi connectivity index (χ4v) is 0.674. The molecule has 0 aromatic carbocycles. The van der Waals surface area contributed by atoms with Crippen LogP contribution in [0.15, 0.2) is 22.1 Å². The van der Waals surface area contributed by atoms with Gasteiger partial charge in [0.2, 0.25) is 5.96 Å². The third kappa shape index (κ3) is 1.66. The molecule has 4 nitrogen and oxygen atoms in total. The molecule has 0 saturated heterocycles. The molecule has 10 heavy (non-hydrogen) atoms. The van der Waals surface area contributed by atoms with Crippen LogP contribution in [0.25, 0.3) is 0 Å². The standard InChI is InChI=1S/C6H10N4/c7-3-1-2-5-4-9-6(8)10-5/h1-2H,3-4,7H2,(H2,8,9)/b2-1-. The largest absolute Gasteiger partial charge is 0.368 e. The third-order valence-electron chi connectivity index (χ3n) is 1.11. The Bertz CT molecular complexity index is 202. The highest BCUT2D eigenvalue weighted by Crippen LogP contribution is 1.92. The van der Waals surface area contributed by atoms with Crippen LogP contribution in [0.4, 0.5) is 0 Å². The van der Waals surface area contributed by atoms with Gasteiger partial charge in [-0.05, 0) is 6.08 Å². The van der Waals surface area contributed by atoms with E-state index in [1.165, 1.54) is 0 Å². The van der Waals surface area contributed by atoms with Gasteiger partial charge in [0.25, 0.3) is 0 Å². The predicted molar refractivity (Wildman–Crippen MR) is 42.1 cm³/mol. The third-order valence-corrected chi connectivity index (χ3v) is 1.11. The lowest BCUT2D eigenvalue weighted by Crippen LogP contribution is -2.04. The van der Waals surface area contributed by atoms with Gasteiger partial charge in [-0.3, -0.25) is 0 Å². The van der Waals surface area contributed by atoms with Crippen LogP contribution in [-0.4, -0.2) is 24.8 Å². The summed E-state index contributed by atoms with van der Waals surface area (Å²) < 4.78 is 0. The Morgan fingerprint density at radius 1 is 1.60 bits per heavy atom. The van der Waals surface area contributed by atoms with Crippen LogP contribution in [0.3, 0.4) is 0 Å². The molecule has 0 unspecified atom stereocenters. The smallest absolute Gasteiger partial charge is 0.215 e. The zero-order valence-electron chi connectivity index (χ0n) is 5.62. The van der Waals surface area contributed by atoms with Crippen LogP contribution in [0.5, 0.6) is 0 Å². The maximum Gasteiger partial charge on any atom is 0.215 e. The second-order valence-corrected chi connectivity index (χ2v) is 1.92. The normalized spacial score (nSPS) is 17.7. The van der Waals surface area contributed by atoms with Crippen molar-refractivity contribution in [2.45, 2.75) is 0 Å². The summed E-state index contributed by atoms with van der Waals surface area (Å²) in [5.41, 5.74) is 11.4. The molecule has 0 aromatic heterocycles. The first-order chi connectivity index (χ1) is 4.83. The molecule has 0 fully saturated rings. The maximum atomic E-state index is 5.29. The molecule has 1 aliphatic rings. The Hall–Kier alpha value is -1.16. The van der Waals surface area contributed by atoms with Crippen molar-refractivity contribution >= 4 is 11.7 Å². The highest BCUT2D eigenvalue weighted by Gasteiger charge is 2.01. The average molecular weight is 138 g/mol. The molecule has 0 spiro atoms. The molecule has 0 saturated carbocycles. The molecule has 1 rings (SSSR count). The number of nitrogens with zero attached hydrogens (tertiary/aromatic N) is 2. The minimum absolute atomic E-state index is 0.358. The molecule has 0 bridgehead atoms. The zero-order valence-corrected chi connectivity index (χ0v) is 5.62. The van der Waals surface area contributed by atoms with E-state index in [4.69, 9.17) is 11.5 Å². The predicted octanol–water partition coefficient (Wildman–Crippen LogP) is -0.729. The van der Waals surface area contributed by atoms with Gasteiger partial charge in [-0.2, -0.15) is 0 Å². The zero-order chi connectivity index (χ0) is 7.40. The topological polar surface area (TPSA) is 76.8 Å². The Labute approximate surface area is 59.3 Å². The summed E-state index contributed by atoms with van der Waals surface area (Å²) in [6, 6.07) is 0. The van der Waals surface area contributed by atoms with Gasteiger partial charge >= 0.3 is 0 Å². The molecular formula is C6H10N4. The van der Waals surface area contributed by atoms with Crippen molar-refractivity contribution in [3.63, 3.8) is 0 Å². The molecule has 1 heterocycles. The molecule has 54 valence electrons. The summed E-state index contributed by atoms with van der Waals surface area (Å²) >= 11 is 0. The summed E-state index contributed by atoms with van der Waals surface area (Å²) in [7, 11) is 0. The second-order valence-electron chi connectivity index (χ2n) is 1.92. The molecule has 0 radical (unpaired) electrons. The maximum absolute atomic E-state index is 5.29. The van der Waals surface area contributed by atoms with E-state index in [9.17, 15) is 0 Å².